The van der Waals surface area contributed by atoms with E-state index in [2.05, 4.69) is 0 Å². The van der Waals surface area contributed by atoms with Crippen molar-refractivity contribution in [2.45, 2.75) is 17.9 Å². The first-order chi connectivity index (χ1) is 7.92. The number of rotatable bonds is 2. The molecule has 0 saturated carbocycles. The van der Waals surface area contributed by atoms with Gasteiger partial charge in [-0.1, -0.05) is 6.07 Å². The molecule has 2 rings (SSSR count). The Bertz CT molecular complexity index is 528. The number of sulfone groups is 1. The van der Waals surface area contributed by atoms with Gasteiger partial charge in [-0.2, -0.15) is 0 Å². The molecule has 1 aromatic rings. The number of para-hydroxylation sites is 1. The highest BCUT2D eigenvalue weighted by atomic mass is 32.2. The van der Waals surface area contributed by atoms with Crippen molar-refractivity contribution in [3.05, 3.63) is 24.0 Å². The Morgan fingerprint density at radius 3 is 2.88 bits per heavy atom. The minimum Gasteiger partial charge on any atom is -0.366 e. The molecule has 6 heteroatoms. The Morgan fingerprint density at radius 1 is 1.53 bits per heavy atom. The van der Waals surface area contributed by atoms with Crippen molar-refractivity contribution in [2.24, 2.45) is 5.73 Å². The maximum atomic E-state index is 13.8. The number of hydrogen-bond donors (Lipinski definition) is 1. The summed E-state index contributed by atoms with van der Waals surface area (Å²) in [5.41, 5.74) is 5.85. The number of nitrogens with zero attached hydrogens (tertiary/aromatic N) is 1. The molecule has 1 aromatic carbocycles. The topological polar surface area (TPSA) is 63.4 Å². The van der Waals surface area contributed by atoms with Crippen molar-refractivity contribution in [1.82, 2.24) is 0 Å². The van der Waals surface area contributed by atoms with Crippen LogP contribution in [0.2, 0.25) is 0 Å². The van der Waals surface area contributed by atoms with E-state index in [4.69, 9.17) is 5.73 Å². The van der Waals surface area contributed by atoms with E-state index in [1.807, 2.05) is 6.92 Å². The van der Waals surface area contributed by atoms with Gasteiger partial charge in [0.05, 0.1) is 16.3 Å². The lowest BCUT2D eigenvalue weighted by Gasteiger charge is -2.32. The monoisotopic (exact) mass is 258 g/mol. The zero-order valence-electron chi connectivity index (χ0n) is 9.56. The zero-order valence-corrected chi connectivity index (χ0v) is 10.4. The van der Waals surface area contributed by atoms with Crippen molar-refractivity contribution in [3.8, 4) is 0 Å². The maximum absolute atomic E-state index is 13.8. The van der Waals surface area contributed by atoms with Gasteiger partial charge in [-0.3, -0.25) is 0 Å². The van der Waals surface area contributed by atoms with Crippen molar-refractivity contribution >= 4 is 15.5 Å². The summed E-state index contributed by atoms with van der Waals surface area (Å²) in [6.07, 6.45) is 0. The molecule has 4 nitrogen and oxygen atoms in total. The summed E-state index contributed by atoms with van der Waals surface area (Å²) in [6, 6.07) is 4.00. The first-order valence-electron chi connectivity index (χ1n) is 5.43. The van der Waals surface area contributed by atoms with E-state index in [0.29, 0.717) is 6.54 Å². The summed E-state index contributed by atoms with van der Waals surface area (Å²) >= 11 is 0. The first kappa shape index (κ1) is 12.3. The number of nitrogens with two attached hydrogens (primary N) is 1. The fourth-order valence-corrected chi connectivity index (χ4v) is 3.52. The second-order valence-electron chi connectivity index (χ2n) is 4.33. The van der Waals surface area contributed by atoms with E-state index in [1.54, 1.807) is 4.90 Å². The molecule has 1 aliphatic rings. The Balaban J connectivity index is 2.53. The lowest BCUT2D eigenvalue weighted by atomic mass is 10.2. The van der Waals surface area contributed by atoms with Gasteiger partial charge in [0.1, 0.15) is 5.82 Å². The van der Waals surface area contributed by atoms with Crippen LogP contribution in [-0.4, -0.2) is 33.3 Å². The molecule has 1 heterocycles. The molecule has 1 atom stereocenters. The van der Waals surface area contributed by atoms with Gasteiger partial charge in [-0.25, -0.2) is 12.8 Å². The summed E-state index contributed by atoms with van der Waals surface area (Å²) in [4.78, 5) is 1.78. The van der Waals surface area contributed by atoms with Gasteiger partial charge in [0.25, 0.3) is 0 Å². The van der Waals surface area contributed by atoms with Gasteiger partial charge in [-0.05, 0) is 19.1 Å². The molecule has 0 aliphatic carbocycles. The smallest absolute Gasteiger partial charge is 0.182 e. The summed E-state index contributed by atoms with van der Waals surface area (Å²) in [6.45, 7) is 2.55. The first-order valence-corrected chi connectivity index (χ1v) is 7.09. The number of halogens is 1. The quantitative estimate of drug-likeness (QED) is 0.851. The summed E-state index contributed by atoms with van der Waals surface area (Å²) in [5, 5.41) is 0. The third-order valence-electron chi connectivity index (χ3n) is 2.74. The van der Waals surface area contributed by atoms with Crippen molar-refractivity contribution in [2.75, 3.05) is 23.7 Å². The molecule has 0 bridgehead atoms. The minimum absolute atomic E-state index is 0.0101. The second kappa shape index (κ2) is 4.27. The molecule has 17 heavy (non-hydrogen) atoms. The standard InChI is InChI=1S/C11H15FN2O2S/c1-8(13)7-14-5-6-17(15,16)10-4-2-3-9(12)11(10)14/h2-4,8H,5-7,13H2,1H3. The Labute approximate surface area is 100 Å². The minimum atomic E-state index is -3.36. The average Bonchev–Trinajstić information content (AvgIpc) is 2.22. The molecule has 0 spiro atoms. The Kier molecular flexibility index (Phi) is 3.09. The van der Waals surface area contributed by atoms with Crippen LogP contribution in [0.4, 0.5) is 10.1 Å². The van der Waals surface area contributed by atoms with Crippen LogP contribution in [-0.2, 0) is 9.84 Å². The van der Waals surface area contributed by atoms with Gasteiger partial charge in [0.15, 0.2) is 9.84 Å². The van der Waals surface area contributed by atoms with E-state index in [0.717, 1.165) is 0 Å². The molecule has 94 valence electrons. The maximum Gasteiger partial charge on any atom is 0.182 e. The lowest BCUT2D eigenvalue weighted by molar-refractivity contribution is 0.570. The van der Waals surface area contributed by atoms with Crippen LogP contribution in [0, 0.1) is 5.82 Å². The van der Waals surface area contributed by atoms with Crippen LogP contribution in [0.5, 0.6) is 0 Å². The van der Waals surface area contributed by atoms with E-state index in [9.17, 15) is 12.8 Å². The third-order valence-corrected chi connectivity index (χ3v) is 4.46. The van der Waals surface area contributed by atoms with Gasteiger partial charge in [0.2, 0.25) is 0 Å². The Hall–Kier alpha value is -1.14. The van der Waals surface area contributed by atoms with Gasteiger partial charge in [0, 0.05) is 19.1 Å². The van der Waals surface area contributed by atoms with Crippen LogP contribution in [0.15, 0.2) is 23.1 Å². The predicted molar refractivity (Wildman–Crippen MR) is 64.3 cm³/mol. The van der Waals surface area contributed by atoms with Crippen molar-refractivity contribution < 1.29 is 12.8 Å². The largest absolute Gasteiger partial charge is 0.366 e. The molecule has 0 aromatic heterocycles. The van der Waals surface area contributed by atoms with Gasteiger partial charge < -0.3 is 10.6 Å². The van der Waals surface area contributed by atoms with Crippen LogP contribution >= 0.6 is 0 Å². The number of hydrogen-bond acceptors (Lipinski definition) is 4. The third kappa shape index (κ3) is 2.28. The van der Waals surface area contributed by atoms with E-state index >= 15 is 0 Å². The molecular weight excluding hydrogens is 243 g/mol. The number of benzene rings is 1. The van der Waals surface area contributed by atoms with E-state index in [-0.39, 0.29) is 28.9 Å². The zero-order chi connectivity index (χ0) is 12.6. The lowest BCUT2D eigenvalue weighted by Crippen LogP contribution is -2.42. The fraction of sp³-hybridized carbons (Fsp3) is 0.455. The molecule has 1 aliphatic heterocycles. The highest BCUT2D eigenvalue weighted by Gasteiger charge is 2.30. The van der Waals surface area contributed by atoms with E-state index in [1.165, 1.54) is 18.2 Å². The van der Waals surface area contributed by atoms with Gasteiger partial charge >= 0.3 is 0 Å². The summed E-state index contributed by atoms with van der Waals surface area (Å²) < 4.78 is 37.4. The van der Waals surface area contributed by atoms with Crippen LogP contribution < -0.4 is 10.6 Å². The molecule has 0 radical (unpaired) electrons. The highest BCUT2D eigenvalue weighted by molar-refractivity contribution is 7.91. The van der Waals surface area contributed by atoms with Gasteiger partial charge in [-0.15, -0.1) is 0 Å². The normalized spacial score (nSPS) is 19.8. The number of fused-ring (bicyclic) bond motifs is 1. The summed E-state index contributed by atoms with van der Waals surface area (Å²) in [7, 11) is -3.36. The molecule has 0 saturated heterocycles. The van der Waals surface area contributed by atoms with Crippen LogP contribution in [0.3, 0.4) is 0 Å². The van der Waals surface area contributed by atoms with Crippen LogP contribution in [0.1, 0.15) is 6.92 Å². The second-order valence-corrected chi connectivity index (χ2v) is 6.41. The summed E-state index contributed by atoms with van der Waals surface area (Å²) in [5.74, 6) is -0.498. The van der Waals surface area contributed by atoms with Crippen LogP contribution in [0.25, 0.3) is 0 Å². The van der Waals surface area contributed by atoms with Crippen molar-refractivity contribution in [3.63, 3.8) is 0 Å². The molecule has 0 fully saturated rings. The highest BCUT2D eigenvalue weighted by Crippen LogP contribution is 2.32. The number of anilines is 1. The molecule has 0 amide bonds. The molecule has 2 N–H and O–H groups in total. The van der Waals surface area contributed by atoms with E-state index < -0.39 is 15.7 Å². The Morgan fingerprint density at radius 2 is 2.24 bits per heavy atom. The fourth-order valence-electron chi connectivity index (χ4n) is 2.04. The molecule has 1 unspecified atom stereocenters. The predicted octanol–water partition coefficient (Wildman–Crippen LogP) is 0.767. The molecular formula is C11H15FN2O2S. The SMILES string of the molecule is CC(N)CN1CCS(=O)(=O)c2cccc(F)c21. The van der Waals surface area contributed by atoms with Crippen molar-refractivity contribution in [1.29, 1.82) is 0 Å². The average molecular weight is 258 g/mol.